The summed E-state index contributed by atoms with van der Waals surface area (Å²) in [4.78, 5) is -0.0650. The normalized spacial score (nSPS) is 11.4. The van der Waals surface area contributed by atoms with Gasteiger partial charge in [-0.25, -0.2) is 8.42 Å². The van der Waals surface area contributed by atoms with Crippen LogP contribution in [0, 0.1) is 0 Å². The Labute approximate surface area is 141 Å². The first-order chi connectivity index (χ1) is 9.85. The van der Waals surface area contributed by atoms with Crippen LogP contribution < -0.4 is 10.5 Å². The van der Waals surface area contributed by atoms with Crippen molar-refractivity contribution in [2.24, 2.45) is 5.73 Å². The molecule has 3 N–H and O–H groups in total. The molecule has 0 spiro atoms. The van der Waals surface area contributed by atoms with E-state index < -0.39 is 10.0 Å². The third-order valence-corrected chi connectivity index (χ3v) is 5.60. The van der Waals surface area contributed by atoms with Crippen LogP contribution in [0.4, 0.5) is 5.69 Å². The van der Waals surface area contributed by atoms with Crippen molar-refractivity contribution in [1.29, 1.82) is 0 Å². The van der Waals surface area contributed by atoms with Crippen LogP contribution in [0.25, 0.3) is 0 Å². The largest absolute Gasteiger partial charge is 0.326 e. The highest BCUT2D eigenvalue weighted by molar-refractivity contribution is 9.10. The number of anilines is 1. The maximum absolute atomic E-state index is 12.5. The van der Waals surface area contributed by atoms with Gasteiger partial charge in [0.25, 0.3) is 10.0 Å². The van der Waals surface area contributed by atoms with Crippen LogP contribution in [-0.2, 0) is 16.6 Å². The van der Waals surface area contributed by atoms with Gasteiger partial charge in [0.15, 0.2) is 0 Å². The van der Waals surface area contributed by atoms with E-state index in [-0.39, 0.29) is 16.5 Å². The lowest BCUT2D eigenvalue weighted by Gasteiger charge is -2.12. The van der Waals surface area contributed by atoms with Gasteiger partial charge in [-0.05, 0) is 45.8 Å². The number of nitrogens with two attached hydrogens (primary N) is 1. The highest BCUT2D eigenvalue weighted by Gasteiger charge is 2.20. The Morgan fingerprint density at radius 1 is 1.14 bits per heavy atom. The van der Waals surface area contributed by atoms with E-state index >= 15 is 0 Å². The van der Waals surface area contributed by atoms with Crippen LogP contribution in [0.1, 0.15) is 5.56 Å². The van der Waals surface area contributed by atoms with Crippen molar-refractivity contribution in [2.45, 2.75) is 11.4 Å². The van der Waals surface area contributed by atoms with E-state index in [1.165, 1.54) is 12.1 Å². The van der Waals surface area contributed by atoms with E-state index in [1.807, 2.05) is 0 Å². The Kier molecular flexibility index (Phi) is 5.16. The highest BCUT2D eigenvalue weighted by Crippen LogP contribution is 2.31. The number of sulfonamides is 1. The highest BCUT2D eigenvalue weighted by atomic mass is 79.9. The van der Waals surface area contributed by atoms with Crippen LogP contribution in [0.15, 0.2) is 45.8 Å². The standard InChI is InChI=1S/C13H11BrCl2N2O2S/c14-9-3-1-2-4-12(9)18-21(19,20)13-5-8(7-17)10(15)6-11(13)16/h1-6,18H,7,17H2. The van der Waals surface area contributed by atoms with E-state index in [1.54, 1.807) is 24.3 Å². The first-order valence-corrected chi connectivity index (χ1v) is 8.83. The van der Waals surface area contributed by atoms with Gasteiger partial charge in [-0.1, -0.05) is 35.3 Å². The van der Waals surface area contributed by atoms with Gasteiger partial charge in [0.1, 0.15) is 4.90 Å². The predicted octanol–water partition coefficient (Wildman–Crippen LogP) is 4.02. The minimum Gasteiger partial charge on any atom is -0.326 e. The zero-order valence-corrected chi connectivity index (χ0v) is 14.5. The number of halogens is 3. The lowest BCUT2D eigenvalue weighted by Crippen LogP contribution is -2.14. The summed E-state index contributed by atoms with van der Waals surface area (Å²) in [5.41, 5.74) is 6.46. The Balaban J connectivity index is 2.47. The fourth-order valence-corrected chi connectivity index (χ4v) is 4.15. The van der Waals surface area contributed by atoms with Crippen LogP contribution in [0.3, 0.4) is 0 Å². The molecule has 0 fully saturated rings. The summed E-state index contributed by atoms with van der Waals surface area (Å²) in [7, 11) is -3.84. The van der Waals surface area contributed by atoms with Crippen molar-refractivity contribution in [3.8, 4) is 0 Å². The molecule has 0 aliphatic heterocycles. The third kappa shape index (κ3) is 3.70. The van der Waals surface area contributed by atoms with Gasteiger partial charge < -0.3 is 5.73 Å². The summed E-state index contributed by atoms with van der Waals surface area (Å²) < 4.78 is 28.0. The average Bonchev–Trinajstić information content (AvgIpc) is 2.41. The SMILES string of the molecule is NCc1cc(S(=O)(=O)Nc2ccccc2Br)c(Cl)cc1Cl. The number of para-hydroxylation sites is 1. The molecule has 0 saturated heterocycles. The number of benzene rings is 2. The molecule has 0 unspecified atom stereocenters. The predicted molar refractivity (Wildman–Crippen MR) is 89.3 cm³/mol. The molecule has 112 valence electrons. The molecule has 8 heteroatoms. The second-order valence-corrected chi connectivity index (χ2v) is 7.48. The molecular formula is C13H11BrCl2N2O2S. The molecule has 0 saturated carbocycles. The number of hydrogen-bond acceptors (Lipinski definition) is 3. The number of rotatable bonds is 4. The number of nitrogens with one attached hydrogen (secondary N) is 1. The van der Waals surface area contributed by atoms with Crippen molar-refractivity contribution in [3.63, 3.8) is 0 Å². The van der Waals surface area contributed by atoms with E-state index in [0.717, 1.165) is 0 Å². The fourth-order valence-electron chi connectivity index (χ4n) is 1.68. The van der Waals surface area contributed by atoms with Crippen LogP contribution in [-0.4, -0.2) is 8.42 Å². The molecule has 21 heavy (non-hydrogen) atoms. The van der Waals surface area contributed by atoms with E-state index in [9.17, 15) is 8.42 Å². The Morgan fingerprint density at radius 2 is 1.81 bits per heavy atom. The van der Waals surface area contributed by atoms with Gasteiger partial charge in [0, 0.05) is 16.0 Å². The number of hydrogen-bond donors (Lipinski definition) is 2. The lowest BCUT2D eigenvalue weighted by molar-refractivity contribution is 0.601. The molecular weight excluding hydrogens is 399 g/mol. The molecule has 2 aromatic carbocycles. The summed E-state index contributed by atoms with van der Waals surface area (Å²) >= 11 is 15.2. The van der Waals surface area contributed by atoms with Crippen molar-refractivity contribution in [3.05, 3.63) is 56.5 Å². The molecule has 0 aliphatic carbocycles. The Morgan fingerprint density at radius 3 is 2.43 bits per heavy atom. The topological polar surface area (TPSA) is 72.2 Å². The second-order valence-electron chi connectivity index (χ2n) is 4.16. The third-order valence-electron chi connectivity index (χ3n) is 2.73. The molecule has 0 atom stereocenters. The molecule has 0 bridgehead atoms. The second kappa shape index (κ2) is 6.54. The lowest BCUT2D eigenvalue weighted by atomic mass is 10.2. The molecule has 0 radical (unpaired) electrons. The molecule has 0 heterocycles. The first-order valence-electron chi connectivity index (χ1n) is 5.80. The molecule has 2 aromatic rings. The van der Waals surface area contributed by atoms with Gasteiger partial charge in [0.2, 0.25) is 0 Å². The maximum Gasteiger partial charge on any atom is 0.263 e. The summed E-state index contributed by atoms with van der Waals surface area (Å²) in [6, 6.07) is 9.62. The average molecular weight is 410 g/mol. The zero-order valence-electron chi connectivity index (χ0n) is 10.6. The summed E-state index contributed by atoms with van der Waals surface area (Å²) in [5, 5.41) is 0.374. The minimum absolute atomic E-state index is 0.0387. The van der Waals surface area contributed by atoms with Crippen molar-refractivity contribution >= 4 is 54.8 Å². The van der Waals surface area contributed by atoms with Crippen molar-refractivity contribution in [2.75, 3.05) is 4.72 Å². The zero-order chi connectivity index (χ0) is 15.6. The maximum atomic E-state index is 12.5. The van der Waals surface area contributed by atoms with Gasteiger partial charge >= 0.3 is 0 Å². The van der Waals surface area contributed by atoms with Gasteiger partial charge in [-0.3, -0.25) is 4.72 Å². The summed E-state index contributed by atoms with van der Waals surface area (Å²) in [6.07, 6.45) is 0. The van der Waals surface area contributed by atoms with E-state index in [4.69, 9.17) is 28.9 Å². The summed E-state index contributed by atoms with van der Waals surface area (Å²) in [5.74, 6) is 0. The van der Waals surface area contributed by atoms with Crippen molar-refractivity contribution in [1.82, 2.24) is 0 Å². The molecule has 0 amide bonds. The summed E-state index contributed by atoms with van der Waals surface area (Å²) in [6.45, 7) is 0.119. The molecule has 4 nitrogen and oxygen atoms in total. The van der Waals surface area contributed by atoms with Crippen LogP contribution >= 0.6 is 39.1 Å². The van der Waals surface area contributed by atoms with E-state index in [0.29, 0.717) is 20.7 Å². The monoisotopic (exact) mass is 408 g/mol. The molecule has 0 aliphatic rings. The smallest absolute Gasteiger partial charge is 0.263 e. The van der Waals surface area contributed by atoms with Gasteiger partial charge in [0.05, 0.1) is 10.7 Å². The van der Waals surface area contributed by atoms with Crippen LogP contribution in [0.2, 0.25) is 10.0 Å². The van der Waals surface area contributed by atoms with Gasteiger partial charge in [-0.15, -0.1) is 0 Å². The van der Waals surface area contributed by atoms with Crippen LogP contribution in [0.5, 0.6) is 0 Å². The Bertz CT molecular complexity index is 782. The quantitative estimate of drug-likeness (QED) is 0.800. The minimum atomic E-state index is -3.84. The van der Waals surface area contributed by atoms with Crippen molar-refractivity contribution < 1.29 is 8.42 Å². The molecule has 0 aromatic heterocycles. The Hall–Kier alpha value is -0.790. The van der Waals surface area contributed by atoms with E-state index in [2.05, 4.69) is 20.7 Å². The first kappa shape index (κ1) is 16.6. The fraction of sp³-hybridized carbons (Fsp3) is 0.0769. The van der Waals surface area contributed by atoms with Gasteiger partial charge in [-0.2, -0.15) is 0 Å². The molecule has 2 rings (SSSR count).